The molecule has 0 spiro atoms. The fraction of sp³-hybridized carbons (Fsp3) is 0.667. The molecule has 1 unspecified atom stereocenters. The fourth-order valence-electron chi connectivity index (χ4n) is 1.70. The Bertz CT molecular complexity index is 265. The van der Waals surface area contributed by atoms with Crippen LogP contribution in [0, 0.1) is 12.8 Å². The predicted octanol–water partition coefficient (Wildman–Crippen LogP) is 3.28. The zero-order valence-corrected chi connectivity index (χ0v) is 9.63. The third kappa shape index (κ3) is 3.18. The summed E-state index contributed by atoms with van der Waals surface area (Å²) in [6.45, 7) is 9.62. The molecule has 0 aliphatic heterocycles. The molecule has 2 heteroatoms. The van der Waals surface area contributed by atoms with E-state index >= 15 is 0 Å². The highest BCUT2D eigenvalue weighted by atomic mass is 16.3. The maximum Gasteiger partial charge on any atom is 0.101 e. The predicted molar refractivity (Wildman–Crippen MR) is 59.3 cm³/mol. The van der Waals surface area contributed by atoms with E-state index in [4.69, 9.17) is 4.42 Å². The Morgan fingerprint density at radius 2 is 2.14 bits per heavy atom. The Morgan fingerprint density at radius 3 is 2.57 bits per heavy atom. The first-order valence-electron chi connectivity index (χ1n) is 5.42. The van der Waals surface area contributed by atoms with Gasteiger partial charge in [0.15, 0.2) is 0 Å². The first kappa shape index (κ1) is 11.3. The first-order valence-corrected chi connectivity index (χ1v) is 5.42. The molecule has 2 nitrogen and oxygen atoms in total. The van der Waals surface area contributed by atoms with Crippen molar-refractivity contribution < 1.29 is 4.42 Å². The Hall–Kier alpha value is -0.760. The van der Waals surface area contributed by atoms with Crippen molar-refractivity contribution >= 4 is 0 Å². The van der Waals surface area contributed by atoms with Crippen LogP contribution in [0.25, 0.3) is 0 Å². The highest BCUT2D eigenvalue weighted by molar-refractivity contribution is 5.16. The lowest BCUT2D eigenvalue weighted by Gasteiger charge is -2.18. The molecule has 1 N–H and O–H groups in total. The van der Waals surface area contributed by atoms with Crippen LogP contribution in [0.4, 0.5) is 0 Å². The minimum atomic E-state index is 0.442. The minimum Gasteiger partial charge on any atom is -0.469 e. The third-order valence-corrected chi connectivity index (χ3v) is 2.31. The topological polar surface area (TPSA) is 25.2 Å². The summed E-state index contributed by atoms with van der Waals surface area (Å²) in [6.07, 6.45) is 3.03. The second kappa shape index (κ2) is 5.20. The molecule has 1 aromatic heterocycles. The van der Waals surface area contributed by atoms with E-state index in [0.717, 1.165) is 18.7 Å². The van der Waals surface area contributed by atoms with Crippen molar-refractivity contribution in [3.05, 3.63) is 23.7 Å². The van der Waals surface area contributed by atoms with Gasteiger partial charge in [-0.05, 0) is 31.9 Å². The van der Waals surface area contributed by atoms with Crippen molar-refractivity contribution in [1.82, 2.24) is 5.32 Å². The van der Waals surface area contributed by atoms with Crippen molar-refractivity contribution in [2.75, 3.05) is 6.54 Å². The molecular weight excluding hydrogens is 174 g/mol. The van der Waals surface area contributed by atoms with Gasteiger partial charge in [-0.1, -0.05) is 20.8 Å². The van der Waals surface area contributed by atoms with Crippen LogP contribution in [-0.4, -0.2) is 6.54 Å². The fourth-order valence-corrected chi connectivity index (χ4v) is 1.70. The largest absolute Gasteiger partial charge is 0.469 e. The molecule has 0 amide bonds. The molecule has 0 saturated carbocycles. The molecule has 0 bridgehead atoms. The summed E-state index contributed by atoms with van der Waals surface area (Å²) in [5, 5.41) is 3.48. The van der Waals surface area contributed by atoms with E-state index in [1.165, 1.54) is 5.56 Å². The summed E-state index contributed by atoms with van der Waals surface area (Å²) in [5.74, 6) is 1.70. The zero-order valence-electron chi connectivity index (χ0n) is 9.63. The van der Waals surface area contributed by atoms with E-state index in [9.17, 15) is 0 Å². The smallest absolute Gasteiger partial charge is 0.101 e. The molecule has 14 heavy (non-hydrogen) atoms. The average molecular weight is 195 g/mol. The lowest BCUT2D eigenvalue weighted by Crippen LogP contribution is -2.21. The van der Waals surface area contributed by atoms with Gasteiger partial charge in [-0.3, -0.25) is 0 Å². The van der Waals surface area contributed by atoms with Gasteiger partial charge < -0.3 is 9.73 Å². The lowest BCUT2D eigenvalue weighted by molar-refractivity contribution is 0.433. The monoisotopic (exact) mass is 195 g/mol. The molecular formula is C12H21NO. The molecule has 80 valence electrons. The van der Waals surface area contributed by atoms with Crippen LogP contribution in [0.15, 0.2) is 16.7 Å². The molecule has 1 heterocycles. The molecule has 1 aromatic rings. The van der Waals surface area contributed by atoms with Crippen molar-refractivity contribution in [2.24, 2.45) is 5.92 Å². The van der Waals surface area contributed by atoms with Crippen molar-refractivity contribution in [3.63, 3.8) is 0 Å². The van der Waals surface area contributed by atoms with E-state index < -0.39 is 0 Å². The van der Waals surface area contributed by atoms with Crippen LogP contribution < -0.4 is 5.32 Å². The molecule has 0 aliphatic rings. The Morgan fingerprint density at radius 1 is 1.43 bits per heavy atom. The van der Waals surface area contributed by atoms with Gasteiger partial charge in [0.2, 0.25) is 0 Å². The molecule has 0 radical (unpaired) electrons. The summed E-state index contributed by atoms with van der Waals surface area (Å²) in [4.78, 5) is 0. The molecule has 1 rings (SSSR count). The summed E-state index contributed by atoms with van der Waals surface area (Å²) < 4.78 is 5.33. The normalized spacial score (nSPS) is 13.5. The third-order valence-electron chi connectivity index (χ3n) is 2.31. The molecule has 0 aromatic carbocycles. The van der Waals surface area contributed by atoms with Crippen LogP contribution in [0.3, 0.4) is 0 Å². The van der Waals surface area contributed by atoms with Crippen molar-refractivity contribution in [3.8, 4) is 0 Å². The van der Waals surface area contributed by atoms with Crippen LogP contribution in [-0.2, 0) is 0 Å². The zero-order chi connectivity index (χ0) is 10.6. The van der Waals surface area contributed by atoms with Crippen LogP contribution >= 0.6 is 0 Å². The summed E-state index contributed by atoms with van der Waals surface area (Å²) >= 11 is 0. The van der Waals surface area contributed by atoms with E-state index in [-0.39, 0.29) is 0 Å². The molecule has 1 atom stereocenters. The van der Waals surface area contributed by atoms with Gasteiger partial charge in [-0.15, -0.1) is 0 Å². The van der Waals surface area contributed by atoms with Crippen molar-refractivity contribution in [1.29, 1.82) is 0 Å². The standard InChI is InChI=1S/C12H21NO/c1-5-13-12(6-9(2)3)11-7-10(4)14-8-11/h7-9,12-13H,5-6H2,1-4H3. The SMILES string of the molecule is CCNC(CC(C)C)c1coc(C)c1. The second-order valence-corrected chi connectivity index (χ2v) is 4.23. The van der Waals surface area contributed by atoms with Gasteiger partial charge in [-0.2, -0.15) is 0 Å². The first-order chi connectivity index (χ1) is 6.63. The lowest BCUT2D eigenvalue weighted by atomic mass is 9.99. The molecule has 0 fully saturated rings. The molecule has 0 saturated heterocycles. The van der Waals surface area contributed by atoms with Gasteiger partial charge >= 0.3 is 0 Å². The maximum atomic E-state index is 5.33. The Labute approximate surface area is 86.7 Å². The Kier molecular flexibility index (Phi) is 4.21. The number of hydrogen-bond acceptors (Lipinski definition) is 2. The minimum absolute atomic E-state index is 0.442. The van der Waals surface area contributed by atoms with Crippen LogP contribution in [0.5, 0.6) is 0 Å². The number of aryl methyl sites for hydroxylation is 1. The second-order valence-electron chi connectivity index (χ2n) is 4.23. The van der Waals surface area contributed by atoms with Crippen molar-refractivity contribution in [2.45, 2.75) is 40.2 Å². The maximum absolute atomic E-state index is 5.33. The average Bonchev–Trinajstić information content (AvgIpc) is 2.50. The highest BCUT2D eigenvalue weighted by Gasteiger charge is 2.13. The Balaban J connectivity index is 2.66. The van der Waals surface area contributed by atoms with E-state index in [1.807, 2.05) is 13.2 Å². The van der Waals surface area contributed by atoms with Gasteiger partial charge in [0.05, 0.1) is 6.26 Å². The van der Waals surface area contributed by atoms with E-state index in [2.05, 4.69) is 32.2 Å². The molecule has 0 aliphatic carbocycles. The van der Waals surface area contributed by atoms with Crippen LogP contribution in [0.1, 0.15) is 44.6 Å². The summed E-state index contributed by atoms with van der Waals surface area (Å²) in [5.41, 5.74) is 1.28. The van der Waals surface area contributed by atoms with Gasteiger partial charge in [0, 0.05) is 11.6 Å². The quantitative estimate of drug-likeness (QED) is 0.780. The number of furan rings is 1. The summed E-state index contributed by atoms with van der Waals surface area (Å²) in [7, 11) is 0. The van der Waals surface area contributed by atoms with E-state index in [1.54, 1.807) is 0 Å². The van der Waals surface area contributed by atoms with Gasteiger partial charge in [0.25, 0.3) is 0 Å². The van der Waals surface area contributed by atoms with Gasteiger partial charge in [-0.25, -0.2) is 0 Å². The summed E-state index contributed by atoms with van der Waals surface area (Å²) in [6, 6.07) is 2.56. The number of rotatable bonds is 5. The van der Waals surface area contributed by atoms with E-state index in [0.29, 0.717) is 12.0 Å². The highest BCUT2D eigenvalue weighted by Crippen LogP contribution is 2.22. The van der Waals surface area contributed by atoms with Gasteiger partial charge in [0.1, 0.15) is 5.76 Å². The number of hydrogen-bond donors (Lipinski definition) is 1. The number of nitrogens with one attached hydrogen (secondary N) is 1. The van der Waals surface area contributed by atoms with Crippen LogP contribution in [0.2, 0.25) is 0 Å².